The van der Waals surface area contributed by atoms with Crippen molar-refractivity contribution in [1.29, 1.82) is 0 Å². The highest BCUT2D eigenvalue weighted by molar-refractivity contribution is 5.93. The average Bonchev–Trinajstić information content (AvgIpc) is 2.64. The number of anilines is 1. The number of hydrogen-bond acceptors (Lipinski definition) is 5. The van der Waals surface area contributed by atoms with Crippen LogP contribution in [0.15, 0.2) is 48.5 Å². The van der Waals surface area contributed by atoms with E-state index in [9.17, 15) is 9.59 Å². The predicted molar refractivity (Wildman–Crippen MR) is 107 cm³/mol. The third-order valence-electron chi connectivity index (χ3n) is 3.79. The molecule has 0 atom stereocenters. The van der Waals surface area contributed by atoms with Gasteiger partial charge in [-0.05, 0) is 62.9 Å². The Balaban J connectivity index is 2.12. The third-order valence-corrected chi connectivity index (χ3v) is 3.79. The summed E-state index contributed by atoms with van der Waals surface area (Å²) in [7, 11) is 0. The molecule has 2 rings (SSSR count). The molecule has 0 aromatic heterocycles. The number of amides is 1. The number of carbonyl (C=O) groups excluding carboxylic acids is 2. The summed E-state index contributed by atoms with van der Waals surface area (Å²) < 4.78 is 10.7. The van der Waals surface area contributed by atoms with Crippen LogP contribution < -0.4 is 5.32 Å². The van der Waals surface area contributed by atoms with Crippen molar-refractivity contribution in [2.24, 2.45) is 0 Å². The van der Waals surface area contributed by atoms with Crippen molar-refractivity contribution in [2.75, 3.05) is 11.9 Å². The molecular formula is C22H27NO5. The molecule has 150 valence electrons. The lowest BCUT2D eigenvalue weighted by molar-refractivity contribution is 0.0471. The zero-order valence-electron chi connectivity index (χ0n) is 16.5. The Morgan fingerprint density at radius 3 is 2.43 bits per heavy atom. The monoisotopic (exact) mass is 385 g/mol. The van der Waals surface area contributed by atoms with Gasteiger partial charge in [0.1, 0.15) is 12.2 Å². The highest BCUT2D eigenvalue weighted by atomic mass is 16.6. The maximum atomic E-state index is 12.5. The predicted octanol–water partition coefficient (Wildman–Crippen LogP) is 4.32. The molecule has 0 heterocycles. The molecule has 0 bridgehead atoms. The normalized spacial score (nSPS) is 11.0. The van der Waals surface area contributed by atoms with E-state index >= 15 is 0 Å². The van der Waals surface area contributed by atoms with Crippen molar-refractivity contribution < 1.29 is 24.2 Å². The molecule has 6 heteroatoms. The van der Waals surface area contributed by atoms with Crippen molar-refractivity contribution in [3.05, 3.63) is 65.2 Å². The molecule has 2 aromatic rings. The summed E-state index contributed by atoms with van der Waals surface area (Å²) in [6.45, 7) is 5.53. The molecule has 0 saturated carbocycles. The van der Waals surface area contributed by atoms with E-state index < -0.39 is 17.7 Å². The van der Waals surface area contributed by atoms with E-state index in [1.807, 2.05) is 30.3 Å². The first-order chi connectivity index (χ1) is 13.3. The second-order valence-corrected chi connectivity index (χ2v) is 7.39. The van der Waals surface area contributed by atoms with E-state index in [0.717, 1.165) is 5.56 Å². The van der Waals surface area contributed by atoms with Crippen LogP contribution in [-0.4, -0.2) is 29.4 Å². The molecule has 0 saturated heterocycles. The third kappa shape index (κ3) is 7.04. The van der Waals surface area contributed by atoms with Crippen LogP contribution in [0.25, 0.3) is 0 Å². The van der Waals surface area contributed by atoms with Gasteiger partial charge in [-0.15, -0.1) is 0 Å². The van der Waals surface area contributed by atoms with E-state index in [4.69, 9.17) is 14.6 Å². The van der Waals surface area contributed by atoms with Crippen molar-refractivity contribution >= 4 is 17.7 Å². The fourth-order valence-corrected chi connectivity index (χ4v) is 2.57. The summed E-state index contributed by atoms with van der Waals surface area (Å²) in [6.07, 6.45) is 0.408. The van der Waals surface area contributed by atoms with Crippen LogP contribution in [0, 0.1) is 0 Å². The first kappa shape index (κ1) is 21.4. The first-order valence-electron chi connectivity index (χ1n) is 9.23. The number of carbonyl (C=O) groups is 2. The van der Waals surface area contributed by atoms with Crippen molar-refractivity contribution in [3.8, 4) is 0 Å². The summed E-state index contributed by atoms with van der Waals surface area (Å²) in [5.41, 5.74) is 1.92. The van der Waals surface area contributed by atoms with E-state index in [1.165, 1.54) is 0 Å². The van der Waals surface area contributed by atoms with Crippen LogP contribution in [0.3, 0.4) is 0 Å². The Labute approximate surface area is 165 Å². The number of hydrogen-bond donors (Lipinski definition) is 2. The Kier molecular flexibility index (Phi) is 7.58. The van der Waals surface area contributed by atoms with Gasteiger partial charge in [0.05, 0.1) is 5.56 Å². The molecular weight excluding hydrogens is 358 g/mol. The number of aliphatic hydroxyl groups is 1. The van der Waals surface area contributed by atoms with Gasteiger partial charge in [0.25, 0.3) is 0 Å². The number of rotatable bonds is 7. The van der Waals surface area contributed by atoms with E-state index in [-0.39, 0.29) is 13.2 Å². The Bertz CT molecular complexity index is 796. The molecule has 0 aliphatic carbocycles. The SMILES string of the molecule is CC(C)(C)OC(=O)Nc1ccc(C(=O)OCc2ccccc2)c(CCCO)c1. The van der Waals surface area contributed by atoms with Gasteiger partial charge < -0.3 is 14.6 Å². The second kappa shape index (κ2) is 9.90. The van der Waals surface area contributed by atoms with Gasteiger partial charge in [-0.3, -0.25) is 5.32 Å². The summed E-state index contributed by atoms with van der Waals surface area (Å²) in [4.78, 5) is 24.5. The van der Waals surface area contributed by atoms with Crippen LogP contribution in [-0.2, 0) is 22.5 Å². The molecule has 0 unspecified atom stereocenters. The minimum Gasteiger partial charge on any atom is -0.457 e. The molecule has 6 nitrogen and oxygen atoms in total. The van der Waals surface area contributed by atoms with Crippen LogP contribution in [0.1, 0.15) is 48.7 Å². The summed E-state index contributed by atoms with van der Waals surface area (Å²) >= 11 is 0. The zero-order chi connectivity index (χ0) is 20.6. The summed E-state index contributed by atoms with van der Waals surface area (Å²) in [6, 6.07) is 14.4. The summed E-state index contributed by atoms with van der Waals surface area (Å²) in [5.74, 6) is -0.444. The molecule has 0 aliphatic heterocycles. The van der Waals surface area contributed by atoms with Crippen molar-refractivity contribution in [1.82, 2.24) is 0 Å². The second-order valence-electron chi connectivity index (χ2n) is 7.39. The fraction of sp³-hybridized carbons (Fsp3) is 0.364. The zero-order valence-corrected chi connectivity index (χ0v) is 16.5. The van der Waals surface area contributed by atoms with Gasteiger partial charge in [0.2, 0.25) is 0 Å². The topological polar surface area (TPSA) is 84.9 Å². The van der Waals surface area contributed by atoms with Gasteiger partial charge in [0, 0.05) is 12.3 Å². The molecule has 2 aromatic carbocycles. The van der Waals surface area contributed by atoms with Gasteiger partial charge in [-0.25, -0.2) is 9.59 Å². The number of ether oxygens (including phenoxy) is 2. The Hall–Kier alpha value is -2.86. The fourth-order valence-electron chi connectivity index (χ4n) is 2.57. The lowest BCUT2D eigenvalue weighted by Gasteiger charge is -2.20. The van der Waals surface area contributed by atoms with Gasteiger partial charge in [0.15, 0.2) is 0 Å². The molecule has 1 amide bonds. The smallest absolute Gasteiger partial charge is 0.412 e. The maximum Gasteiger partial charge on any atom is 0.412 e. The number of aliphatic hydroxyl groups excluding tert-OH is 1. The molecule has 28 heavy (non-hydrogen) atoms. The highest BCUT2D eigenvalue weighted by Crippen LogP contribution is 2.20. The van der Waals surface area contributed by atoms with Crippen molar-refractivity contribution in [3.63, 3.8) is 0 Å². The van der Waals surface area contributed by atoms with Crippen LogP contribution in [0.2, 0.25) is 0 Å². The first-order valence-corrected chi connectivity index (χ1v) is 9.23. The number of esters is 1. The minimum absolute atomic E-state index is 0.00221. The lowest BCUT2D eigenvalue weighted by atomic mass is 10.0. The minimum atomic E-state index is -0.606. The maximum absolute atomic E-state index is 12.5. The van der Waals surface area contributed by atoms with E-state index in [1.54, 1.807) is 39.0 Å². The molecule has 0 spiro atoms. The quantitative estimate of drug-likeness (QED) is 0.694. The molecule has 2 N–H and O–H groups in total. The largest absolute Gasteiger partial charge is 0.457 e. The highest BCUT2D eigenvalue weighted by Gasteiger charge is 2.18. The van der Waals surface area contributed by atoms with E-state index in [2.05, 4.69) is 5.32 Å². The average molecular weight is 385 g/mol. The standard InChI is InChI=1S/C22H27NO5/c1-22(2,3)28-21(26)23-18-11-12-19(17(14-18)10-7-13-24)20(25)27-15-16-8-5-4-6-9-16/h4-6,8-9,11-12,14,24H,7,10,13,15H2,1-3H3,(H,23,26). The van der Waals surface area contributed by atoms with E-state index in [0.29, 0.717) is 29.7 Å². The Morgan fingerprint density at radius 1 is 1.07 bits per heavy atom. The van der Waals surface area contributed by atoms with Crippen LogP contribution >= 0.6 is 0 Å². The van der Waals surface area contributed by atoms with Gasteiger partial charge in [-0.2, -0.15) is 0 Å². The lowest BCUT2D eigenvalue weighted by Crippen LogP contribution is -2.27. The number of nitrogens with one attached hydrogen (secondary N) is 1. The van der Waals surface area contributed by atoms with Gasteiger partial charge in [-0.1, -0.05) is 30.3 Å². The van der Waals surface area contributed by atoms with Crippen LogP contribution in [0.5, 0.6) is 0 Å². The van der Waals surface area contributed by atoms with Crippen LogP contribution in [0.4, 0.5) is 10.5 Å². The van der Waals surface area contributed by atoms with Gasteiger partial charge >= 0.3 is 12.1 Å². The number of aryl methyl sites for hydroxylation is 1. The summed E-state index contributed by atoms with van der Waals surface area (Å²) in [5, 5.41) is 11.8. The molecule has 0 radical (unpaired) electrons. The molecule has 0 fully saturated rings. The number of benzene rings is 2. The van der Waals surface area contributed by atoms with Crippen molar-refractivity contribution in [2.45, 2.75) is 45.8 Å². The Morgan fingerprint density at radius 2 is 1.79 bits per heavy atom. The molecule has 0 aliphatic rings.